The molecule has 0 radical (unpaired) electrons. The fourth-order valence-corrected chi connectivity index (χ4v) is 3.02. The topological polar surface area (TPSA) is 66.5 Å². The standard InChI is InChI=1S/C18H24N2O3/c1-12-8-13(2)10-15(9-12)11-14(3)19-16(21)6-7-20-17(22)4-5-18(20)23/h8-10,14H,4-7,11H2,1-3H3,(H,19,21)/t14-/m0/s1. The maximum atomic E-state index is 12.0. The molecule has 1 heterocycles. The van der Waals surface area contributed by atoms with E-state index in [9.17, 15) is 14.4 Å². The first-order valence-electron chi connectivity index (χ1n) is 8.05. The highest BCUT2D eigenvalue weighted by Crippen LogP contribution is 2.13. The van der Waals surface area contributed by atoms with Gasteiger partial charge in [0.05, 0.1) is 0 Å². The number of hydrogen-bond acceptors (Lipinski definition) is 3. The van der Waals surface area contributed by atoms with Crippen molar-refractivity contribution in [1.82, 2.24) is 10.2 Å². The molecule has 1 atom stereocenters. The maximum Gasteiger partial charge on any atom is 0.229 e. The van der Waals surface area contributed by atoms with E-state index < -0.39 is 0 Å². The first-order chi connectivity index (χ1) is 10.8. The molecule has 1 fully saturated rings. The summed E-state index contributed by atoms with van der Waals surface area (Å²) in [6, 6.07) is 6.37. The molecule has 1 saturated heterocycles. The van der Waals surface area contributed by atoms with Crippen LogP contribution in [-0.4, -0.2) is 35.2 Å². The van der Waals surface area contributed by atoms with Crippen LogP contribution in [0.1, 0.15) is 42.9 Å². The van der Waals surface area contributed by atoms with Crippen molar-refractivity contribution < 1.29 is 14.4 Å². The monoisotopic (exact) mass is 316 g/mol. The van der Waals surface area contributed by atoms with Crippen molar-refractivity contribution in [3.05, 3.63) is 34.9 Å². The number of benzene rings is 1. The third-order valence-electron chi connectivity index (χ3n) is 3.95. The molecule has 1 aromatic carbocycles. The molecule has 1 N–H and O–H groups in total. The minimum absolute atomic E-state index is 0.00804. The second-order valence-electron chi connectivity index (χ2n) is 6.36. The third-order valence-corrected chi connectivity index (χ3v) is 3.95. The summed E-state index contributed by atoms with van der Waals surface area (Å²) in [6.07, 6.45) is 1.46. The molecule has 0 spiro atoms. The molecule has 0 bridgehead atoms. The minimum Gasteiger partial charge on any atom is -0.353 e. The van der Waals surface area contributed by atoms with Crippen molar-refractivity contribution in [2.75, 3.05) is 6.54 Å². The SMILES string of the molecule is Cc1cc(C)cc(C[C@H](C)NC(=O)CCN2C(=O)CCC2=O)c1. The van der Waals surface area contributed by atoms with Gasteiger partial charge in [0, 0.05) is 31.8 Å². The predicted molar refractivity (Wildman–Crippen MR) is 87.8 cm³/mol. The van der Waals surface area contributed by atoms with E-state index in [2.05, 4.69) is 37.4 Å². The smallest absolute Gasteiger partial charge is 0.229 e. The number of aryl methyl sites for hydroxylation is 2. The summed E-state index contributed by atoms with van der Waals surface area (Å²) in [4.78, 5) is 36.2. The van der Waals surface area contributed by atoms with Gasteiger partial charge in [0.25, 0.3) is 0 Å². The summed E-state index contributed by atoms with van der Waals surface area (Å²) >= 11 is 0. The summed E-state index contributed by atoms with van der Waals surface area (Å²) in [5, 5.41) is 2.93. The second-order valence-corrected chi connectivity index (χ2v) is 6.36. The normalized spacial score (nSPS) is 15.9. The van der Waals surface area contributed by atoms with E-state index in [-0.39, 0.29) is 49.6 Å². The quantitative estimate of drug-likeness (QED) is 0.815. The van der Waals surface area contributed by atoms with Crippen LogP contribution in [-0.2, 0) is 20.8 Å². The fourth-order valence-electron chi connectivity index (χ4n) is 3.02. The zero-order valence-electron chi connectivity index (χ0n) is 14.0. The average Bonchev–Trinajstić information content (AvgIpc) is 2.74. The fraction of sp³-hybridized carbons (Fsp3) is 0.500. The molecular formula is C18H24N2O3. The lowest BCUT2D eigenvalue weighted by atomic mass is 10.0. The molecule has 0 aromatic heterocycles. The van der Waals surface area contributed by atoms with Crippen LogP contribution in [0.25, 0.3) is 0 Å². The Morgan fingerprint density at radius 2 is 1.70 bits per heavy atom. The zero-order valence-corrected chi connectivity index (χ0v) is 14.0. The molecular weight excluding hydrogens is 292 g/mol. The molecule has 1 aromatic rings. The van der Waals surface area contributed by atoms with Crippen molar-refractivity contribution in [3.63, 3.8) is 0 Å². The predicted octanol–water partition coefficient (Wildman–Crippen LogP) is 1.89. The maximum absolute atomic E-state index is 12.0. The van der Waals surface area contributed by atoms with Crippen LogP contribution >= 0.6 is 0 Å². The minimum atomic E-state index is -0.175. The Morgan fingerprint density at radius 3 is 2.26 bits per heavy atom. The molecule has 0 saturated carbocycles. The van der Waals surface area contributed by atoms with Gasteiger partial charge < -0.3 is 5.32 Å². The molecule has 2 rings (SSSR count). The molecule has 0 aliphatic carbocycles. The molecule has 124 valence electrons. The van der Waals surface area contributed by atoms with Crippen molar-refractivity contribution in [2.24, 2.45) is 0 Å². The summed E-state index contributed by atoms with van der Waals surface area (Å²) < 4.78 is 0. The Hall–Kier alpha value is -2.17. The van der Waals surface area contributed by atoms with Gasteiger partial charge >= 0.3 is 0 Å². The number of nitrogens with one attached hydrogen (secondary N) is 1. The number of nitrogens with zero attached hydrogens (tertiary/aromatic N) is 1. The zero-order chi connectivity index (χ0) is 17.0. The lowest BCUT2D eigenvalue weighted by Crippen LogP contribution is -2.38. The van der Waals surface area contributed by atoms with E-state index in [1.807, 2.05) is 6.92 Å². The van der Waals surface area contributed by atoms with E-state index in [1.165, 1.54) is 21.6 Å². The van der Waals surface area contributed by atoms with Gasteiger partial charge in [0.2, 0.25) is 17.7 Å². The molecule has 1 aliphatic heterocycles. The number of hydrogen-bond donors (Lipinski definition) is 1. The van der Waals surface area contributed by atoms with Gasteiger partial charge in [-0.1, -0.05) is 29.3 Å². The molecule has 23 heavy (non-hydrogen) atoms. The van der Waals surface area contributed by atoms with Gasteiger partial charge in [-0.25, -0.2) is 0 Å². The van der Waals surface area contributed by atoms with Gasteiger partial charge in [-0.05, 0) is 32.8 Å². The highest BCUT2D eigenvalue weighted by molar-refractivity contribution is 6.02. The van der Waals surface area contributed by atoms with Crippen LogP contribution in [0.4, 0.5) is 0 Å². The van der Waals surface area contributed by atoms with Gasteiger partial charge in [0.15, 0.2) is 0 Å². The van der Waals surface area contributed by atoms with Gasteiger partial charge in [0.1, 0.15) is 0 Å². The molecule has 1 aliphatic rings. The summed E-state index contributed by atoms with van der Waals surface area (Å²) in [5.41, 5.74) is 3.62. The van der Waals surface area contributed by atoms with E-state index in [1.54, 1.807) is 0 Å². The van der Waals surface area contributed by atoms with Crippen LogP contribution in [0.3, 0.4) is 0 Å². The Kier molecular flexibility index (Phi) is 5.53. The van der Waals surface area contributed by atoms with Crippen molar-refractivity contribution in [1.29, 1.82) is 0 Å². The third kappa shape index (κ3) is 4.91. The van der Waals surface area contributed by atoms with Crippen LogP contribution in [0.15, 0.2) is 18.2 Å². The average molecular weight is 316 g/mol. The number of carbonyl (C=O) groups is 3. The number of likely N-dealkylation sites (tertiary alicyclic amines) is 1. The largest absolute Gasteiger partial charge is 0.353 e. The van der Waals surface area contributed by atoms with Crippen LogP contribution in [0.5, 0.6) is 0 Å². The van der Waals surface area contributed by atoms with E-state index >= 15 is 0 Å². The van der Waals surface area contributed by atoms with Crippen molar-refractivity contribution >= 4 is 17.7 Å². The van der Waals surface area contributed by atoms with Crippen molar-refractivity contribution in [2.45, 2.75) is 52.5 Å². The molecule has 5 nitrogen and oxygen atoms in total. The Balaban J connectivity index is 1.80. The van der Waals surface area contributed by atoms with Crippen LogP contribution < -0.4 is 5.32 Å². The van der Waals surface area contributed by atoms with Gasteiger partial charge in [-0.15, -0.1) is 0 Å². The lowest BCUT2D eigenvalue weighted by molar-refractivity contribution is -0.138. The second kappa shape index (κ2) is 7.40. The lowest BCUT2D eigenvalue weighted by Gasteiger charge is -2.17. The Bertz CT molecular complexity index is 588. The molecule has 5 heteroatoms. The van der Waals surface area contributed by atoms with E-state index in [4.69, 9.17) is 0 Å². The summed E-state index contributed by atoms with van der Waals surface area (Å²) in [7, 11) is 0. The highest BCUT2D eigenvalue weighted by Gasteiger charge is 2.28. The van der Waals surface area contributed by atoms with Crippen molar-refractivity contribution in [3.8, 4) is 0 Å². The summed E-state index contributed by atoms with van der Waals surface area (Å²) in [6.45, 7) is 6.26. The molecule has 0 unspecified atom stereocenters. The Labute approximate surface area is 137 Å². The first kappa shape index (κ1) is 17.2. The number of imide groups is 1. The number of amides is 3. The Morgan fingerprint density at radius 1 is 1.13 bits per heavy atom. The highest BCUT2D eigenvalue weighted by atomic mass is 16.2. The number of rotatable bonds is 6. The van der Waals surface area contributed by atoms with Gasteiger partial charge in [-0.3, -0.25) is 19.3 Å². The molecule has 3 amide bonds. The van der Waals surface area contributed by atoms with E-state index in [0.717, 1.165) is 6.42 Å². The van der Waals surface area contributed by atoms with Crippen LogP contribution in [0, 0.1) is 13.8 Å². The van der Waals surface area contributed by atoms with Crippen LogP contribution in [0.2, 0.25) is 0 Å². The first-order valence-corrected chi connectivity index (χ1v) is 8.05. The van der Waals surface area contributed by atoms with E-state index in [0.29, 0.717) is 0 Å². The summed E-state index contributed by atoms with van der Waals surface area (Å²) in [5.74, 6) is -0.480. The number of carbonyl (C=O) groups excluding carboxylic acids is 3. The van der Waals surface area contributed by atoms with Gasteiger partial charge in [-0.2, -0.15) is 0 Å².